The maximum atomic E-state index is 12.1. The van der Waals surface area contributed by atoms with Crippen LogP contribution in [0.1, 0.15) is 29.8 Å². The highest BCUT2D eigenvalue weighted by Crippen LogP contribution is 2.48. The molecule has 3 N–H and O–H groups in total. The van der Waals surface area contributed by atoms with E-state index in [2.05, 4.69) is 26.2 Å². The van der Waals surface area contributed by atoms with Crippen molar-refractivity contribution < 1.29 is 9.90 Å². The van der Waals surface area contributed by atoms with Gasteiger partial charge in [-0.3, -0.25) is 4.79 Å². The summed E-state index contributed by atoms with van der Waals surface area (Å²) in [5, 5.41) is 12.6. The number of aliphatic hydroxyl groups is 1. The zero-order valence-electron chi connectivity index (χ0n) is 10.0. The van der Waals surface area contributed by atoms with E-state index in [1.807, 2.05) is 0 Å². The number of carbonyl (C=O) groups excluding carboxylic acids is 1. The van der Waals surface area contributed by atoms with Gasteiger partial charge in [-0.1, -0.05) is 0 Å². The van der Waals surface area contributed by atoms with Crippen LogP contribution in [-0.2, 0) is 0 Å². The minimum atomic E-state index is -0.0725. The molecule has 4 nitrogen and oxygen atoms in total. The standard InChI is InChI=1S/C13H17BrN2O2/c14-9-4-11(15-5-9)13(18)16-12-8-2-1-7(3-8)10(12)6-17/h4-5,7-8,10,12,15,17H,1-3,6H2,(H,16,18). The molecule has 2 saturated carbocycles. The molecule has 1 aromatic heterocycles. The molecule has 0 saturated heterocycles. The molecule has 4 unspecified atom stereocenters. The topological polar surface area (TPSA) is 65.1 Å². The highest BCUT2D eigenvalue weighted by molar-refractivity contribution is 9.10. The predicted octanol–water partition coefficient (Wildman–Crippen LogP) is 1.91. The summed E-state index contributed by atoms with van der Waals surface area (Å²) in [4.78, 5) is 15.0. The van der Waals surface area contributed by atoms with Gasteiger partial charge in [-0.05, 0) is 53.1 Å². The molecular weight excluding hydrogens is 296 g/mol. The molecule has 5 heteroatoms. The maximum Gasteiger partial charge on any atom is 0.267 e. The van der Waals surface area contributed by atoms with Gasteiger partial charge in [0.1, 0.15) is 5.69 Å². The number of nitrogens with one attached hydrogen (secondary N) is 2. The number of halogens is 1. The number of aliphatic hydroxyl groups excluding tert-OH is 1. The van der Waals surface area contributed by atoms with Crippen LogP contribution in [0.25, 0.3) is 0 Å². The van der Waals surface area contributed by atoms with Gasteiger partial charge in [0.25, 0.3) is 5.91 Å². The molecule has 2 bridgehead atoms. The van der Waals surface area contributed by atoms with Crippen molar-refractivity contribution in [1.82, 2.24) is 10.3 Å². The van der Waals surface area contributed by atoms with Crippen LogP contribution < -0.4 is 5.32 Å². The van der Waals surface area contributed by atoms with E-state index < -0.39 is 0 Å². The van der Waals surface area contributed by atoms with Gasteiger partial charge in [0.2, 0.25) is 0 Å². The number of hydrogen-bond acceptors (Lipinski definition) is 2. The van der Waals surface area contributed by atoms with Crippen molar-refractivity contribution in [2.45, 2.75) is 25.3 Å². The van der Waals surface area contributed by atoms with Gasteiger partial charge in [0.15, 0.2) is 0 Å². The molecule has 4 atom stereocenters. The van der Waals surface area contributed by atoms with E-state index in [-0.39, 0.29) is 24.5 Å². The van der Waals surface area contributed by atoms with E-state index in [1.54, 1.807) is 12.3 Å². The molecule has 0 aromatic carbocycles. The third kappa shape index (κ3) is 1.99. The number of carbonyl (C=O) groups is 1. The van der Waals surface area contributed by atoms with Crippen LogP contribution in [0.5, 0.6) is 0 Å². The Labute approximate surface area is 114 Å². The average molecular weight is 313 g/mol. The summed E-state index contributed by atoms with van der Waals surface area (Å²) < 4.78 is 0.874. The minimum Gasteiger partial charge on any atom is -0.396 e. The van der Waals surface area contributed by atoms with Gasteiger partial charge in [0, 0.05) is 29.2 Å². The van der Waals surface area contributed by atoms with Crippen molar-refractivity contribution in [2.75, 3.05) is 6.61 Å². The van der Waals surface area contributed by atoms with Gasteiger partial charge < -0.3 is 15.4 Å². The van der Waals surface area contributed by atoms with E-state index in [0.717, 1.165) is 10.9 Å². The Hall–Kier alpha value is -0.810. The molecule has 2 aliphatic rings. The first-order valence-electron chi connectivity index (χ1n) is 6.44. The van der Waals surface area contributed by atoms with E-state index >= 15 is 0 Å². The quantitative estimate of drug-likeness (QED) is 0.798. The third-order valence-corrected chi connectivity index (χ3v) is 4.95. The van der Waals surface area contributed by atoms with Crippen LogP contribution in [0.4, 0.5) is 0 Å². The van der Waals surface area contributed by atoms with Crippen LogP contribution in [0.2, 0.25) is 0 Å². The molecule has 0 aliphatic heterocycles. The molecular formula is C13H17BrN2O2. The van der Waals surface area contributed by atoms with Crippen LogP contribution in [-0.4, -0.2) is 28.6 Å². The molecule has 2 fully saturated rings. The monoisotopic (exact) mass is 312 g/mol. The average Bonchev–Trinajstić information content (AvgIpc) is 3.03. The first-order valence-corrected chi connectivity index (χ1v) is 7.24. The Kier molecular flexibility index (Phi) is 3.20. The fraction of sp³-hybridized carbons (Fsp3) is 0.615. The van der Waals surface area contributed by atoms with E-state index in [0.29, 0.717) is 17.5 Å². The fourth-order valence-corrected chi connectivity index (χ4v) is 3.97. The normalized spacial score (nSPS) is 33.9. The lowest BCUT2D eigenvalue weighted by Crippen LogP contribution is -2.45. The predicted molar refractivity (Wildman–Crippen MR) is 71.2 cm³/mol. The molecule has 2 aliphatic carbocycles. The van der Waals surface area contributed by atoms with Crippen molar-refractivity contribution in [2.24, 2.45) is 17.8 Å². The summed E-state index contributed by atoms with van der Waals surface area (Å²) >= 11 is 3.32. The third-order valence-electron chi connectivity index (χ3n) is 4.49. The summed E-state index contributed by atoms with van der Waals surface area (Å²) in [6, 6.07) is 1.92. The summed E-state index contributed by atoms with van der Waals surface area (Å²) in [6.07, 6.45) is 5.29. The summed E-state index contributed by atoms with van der Waals surface area (Å²) in [6.45, 7) is 0.181. The van der Waals surface area contributed by atoms with E-state index in [1.165, 1.54) is 12.8 Å². The Balaban J connectivity index is 1.71. The number of aromatic nitrogens is 1. The van der Waals surface area contributed by atoms with Gasteiger partial charge in [0.05, 0.1) is 0 Å². The number of aromatic amines is 1. The lowest BCUT2D eigenvalue weighted by Gasteiger charge is -2.30. The molecule has 1 heterocycles. The summed E-state index contributed by atoms with van der Waals surface area (Å²) in [7, 11) is 0. The molecule has 18 heavy (non-hydrogen) atoms. The Morgan fingerprint density at radius 2 is 2.28 bits per heavy atom. The second-order valence-corrected chi connectivity index (χ2v) is 6.33. The zero-order valence-corrected chi connectivity index (χ0v) is 11.6. The van der Waals surface area contributed by atoms with Gasteiger partial charge >= 0.3 is 0 Å². The van der Waals surface area contributed by atoms with Crippen LogP contribution >= 0.6 is 15.9 Å². The number of H-pyrrole nitrogens is 1. The van der Waals surface area contributed by atoms with Gasteiger partial charge in [-0.2, -0.15) is 0 Å². The van der Waals surface area contributed by atoms with Crippen molar-refractivity contribution in [3.05, 3.63) is 22.4 Å². The second-order valence-electron chi connectivity index (χ2n) is 5.41. The number of fused-ring (bicyclic) bond motifs is 2. The smallest absolute Gasteiger partial charge is 0.267 e. The number of amides is 1. The van der Waals surface area contributed by atoms with Gasteiger partial charge in [-0.15, -0.1) is 0 Å². The number of rotatable bonds is 3. The molecule has 98 valence electrons. The van der Waals surface area contributed by atoms with Crippen molar-refractivity contribution in [3.8, 4) is 0 Å². The van der Waals surface area contributed by atoms with Crippen LogP contribution in [0.3, 0.4) is 0 Å². The largest absolute Gasteiger partial charge is 0.396 e. The lowest BCUT2D eigenvalue weighted by molar-refractivity contribution is 0.0857. The lowest BCUT2D eigenvalue weighted by atomic mass is 9.85. The van der Waals surface area contributed by atoms with Crippen molar-refractivity contribution >= 4 is 21.8 Å². The van der Waals surface area contributed by atoms with Crippen LogP contribution in [0.15, 0.2) is 16.7 Å². The first-order chi connectivity index (χ1) is 8.69. The Morgan fingerprint density at radius 3 is 2.94 bits per heavy atom. The minimum absolute atomic E-state index is 0.0725. The summed E-state index contributed by atoms with van der Waals surface area (Å²) in [5.41, 5.74) is 0.571. The SMILES string of the molecule is O=C(NC1C2CCC(C2)C1CO)c1cc(Br)c[nH]1. The Morgan fingerprint density at radius 1 is 1.50 bits per heavy atom. The fourth-order valence-electron chi connectivity index (χ4n) is 3.63. The Bertz CT molecular complexity index is 460. The molecule has 1 aromatic rings. The highest BCUT2D eigenvalue weighted by Gasteiger charge is 2.47. The summed E-state index contributed by atoms with van der Waals surface area (Å²) in [5.74, 6) is 1.32. The van der Waals surface area contributed by atoms with E-state index in [9.17, 15) is 9.90 Å². The van der Waals surface area contributed by atoms with Crippen molar-refractivity contribution in [3.63, 3.8) is 0 Å². The zero-order chi connectivity index (χ0) is 12.7. The van der Waals surface area contributed by atoms with E-state index in [4.69, 9.17) is 0 Å². The molecule has 0 radical (unpaired) electrons. The van der Waals surface area contributed by atoms with Gasteiger partial charge in [-0.25, -0.2) is 0 Å². The first kappa shape index (κ1) is 12.2. The maximum absolute atomic E-state index is 12.1. The van der Waals surface area contributed by atoms with Crippen LogP contribution in [0, 0.1) is 17.8 Å². The molecule has 0 spiro atoms. The number of hydrogen-bond donors (Lipinski definition) is 3. The second kappa shape index (κ2) is 4.70. The molecule has 3 rings (SSSR count). The molecule has 1 amide bonds. The highest BCUT2D eigenvalue weighted by atomic mass is 79.9. The van der Waals surface area contributed by atoms with Crippen molar-refractivity contribution in [1.29, 1.82) is 0 Å².